The zero-order valence-electron chi connectivity index (χ0n) is 10.7. The summed E-state index contributed by atoms with van der Waals surface area (Å²) in [7, 11) is 0. The van der Waals surface area contributed by atoms with Gasteiger partial charge in [0.25, 0.3) is 0 Å². The van der Waals surface area contributed by atoms with E-state index in [9.17, 15) is 15.3 Å². The first-order chi connectivity index (χ1) is 9.49. The summed E-state index contributed by atoms with van der Waals surface area (Å²) in [4.78, 5) is 12.0. The highest BCUT2D eigenvalue weighted by Gasteiger charge is 2.52. The van der Waals surface area contributed by atoms with E-state index in [0.29, 0.717) is 11.2 Å². The van der Waals surface area contributed by atoms with Crippen molar-refractivity contribution in [1.82, 2.24) is 19.5 Å². The van der Waals surface area contributed by atoms with E-state index in [2.05, 4.69) is 15.0 Å². The van der Waals surface area contributed by atoms with Crippen LogP contribution < -0.4 is 5.73 Å². The molecule has 0 aromatic carbocycles. The largest absolute Gasteiger partial charge is 0.394 e. The van der Waals surface area contributed by atoms with Crippen LogP contribution in [-0.2, 0) is 10.5 Å². The molecule has 0 saturated carbocycles. The minimum atomic E-state index is -1.30. The molecule has 0 radical (unpaired) electrons. The molecule has 0 spiro atoms. The van der Waals surface area contributed by atoms with Crippen LogP contribution in [0.2, 0.25) is 0 Å². The summed E-state index contributed by atoms with van der Waals surface area (Å²) in [5.41, 5.74) is 5.16. The molecule has 1 fully saturated rings. The monoisotopic (exact) mass is 281 g/mol. The lowest BCUT2D eigenvalue weighted by molar-refractivity contribution is -0.132. The van der Waals surface area contributed by atoms with Gasteiger partial charge in [0.15, 0.2) is 17.2 Å². The highest BCUT2D eigenvalue weighted by molar-refractivity contribution is 5.81. The first-order valence-corrected chi connectivity index (χ1v) is 6.08. The maximum absolute atomic E-state index is 10.2. The number of nitrogens with two attached hydrogens (primary N) is 1. The first-order valence-electron chi connectivity index (χ1n) is 6.08. The molecular weight excluding hydrogens is 266 g/mol. The SMILES string of the molecule is C[C@@]1(n2cnc3c(N)ncnc32)O[C@H](CO)C(O)C1O. The highest BCUT2D eigenvalue weighted by Crippen LogP contribution is 2.37. The molecule has 0 aliphatic carbocycles. The molecule has 3 heterocycles. The van der Waals surface area contributed by atoms with Crippen LogP contribution in [0.1, 0.15) is 6.92 Å². The lowest BCUT2D eigenvalue weighted by Gasteiger charge is -2.29. The highest BCUT2D eigenvalue weighted by atomic mass is 16.6. The second-order valence-corrected chi connectivity index (χ2v) is 4.87. The Bertz CT molecular complexity index is 647. The zero-order chi connectivity index (χ0) is 14.5. The number of ether oxygens (including phenoxy) is 1. The Hall–Kier alpha value is -1.81. The van der Waals surface area contributed by atoms with Crippen molar-refractivity contribution in [2.75, 3.05) is 12.3 Å². The van der Waals surface area contributed by atoms with E-state index in [4.69, 9.17) is 10.5 Å². The minimum Gasteiger partial charge on any atom is -0.394 e. The smallest absolute Gasteiger partial charge is 0.173 e. The Labute approximate surface area is 113 Å². The van der Waals surface area contributed by atoms with Crippen LogP contribution in [0.4, 0.5) is 5.82 Å². The van der Waals surface area contributed by atoms with Gasteiger partial charge in [-0.3, -0.25) is 4.57 Å². The Morgan fingerprint density at radius 1 is 1.40 bits per heavy atom. The van der Waals surface area contributed by atoms with Crippen molar-refractivity contribution in [2.24, 2.45) is 0 Å². The summed E-state index contributed by atoms with van der Waals surface area (Å²) < 4.78 is 7.06. The summed E-state index contributed by atoms with van der Waals surface area (Å²) in [5.74, 6) is 0.212. The molecule has 5 N–H and O–H groups in total. The van der Waals surface area contributed by atoms with E-state index >= 15 is 0 Å². The maximum atomic E-state index is 10.2. The van der Waals surface area contributed by atoms with Crippen molar-refractivity contribution in [3.63, 3.8) is 0 Å². The number of hydrogen-bond donors (Lipinski definition) is 4. The third kappa shape index (κ3) is 1.61. The van der Waals surface area contributed by atoms with Gasteiger partial charge in [-0.1, -0.05) is 0 Å². The molecular formula is C11H15N5O4. The average Bonchev–Trinajstić information content (AvgIpc) is 2.96. The zero-order valence-corrected chi connectivity index (χ0v) is 10.7. The molecule has 4 atom stereocenters. The van der Waals surface area contributed by atoms with Gasteiger partial charge in [-0.05, 0) is 6.92 Å². The molecule has 1 saturated heterocycles. The Balaban J connectivity index is 2.13. The average molecular weight is 281 g/mol. The van der Waals surface area contributed by atoms with Gasteiger partial charge in [-0.15, -0.1) is 0 Å². The summed E-state index contributed by atoms with van der Waals surface area (Å²) in [6, 6.07) is 0. The van der Waals surface area contributed by atoms with Crippen LogP contribution in [0.5, 0.6) is 0 Å². The quantitative estimate of drug-likeness (QED) is 0.505. The van der Waals surface area contributed by atoms with E-state index in [-0.39, 0.29) is 5.82 Å². The maximum Gasteiger partial charge on any atom is 0.173 e. The standard InChI is InChI=1S/C11H15N5O4/c1-11(8(19)7(18)5(2-17)20-11)16-4-15-6-9(12)13-3-14-10(6)16/h3-5,7-8,17-19H,2H2,1H3,(H2,12,13,14)/t5-,7?,8?,11-/m1/s1. The number of aliphatic hydroxyl groups excluding tert-OH is 3. The van der Waals surface area contributed by atoms with E-state index in [0.717, 1.165) is 0 Å². The van der Waals surface area contributed by atoms with Crippen LogP contribution in [0.25, 0.3) is 11.2 Å². The van der Waals surface area contributed by atoms with Crippen molar-refractivity contribution >= 4 is 17.0 Å². The normalized spacial score (nSPS) is 33.9. The van der Waals surface area contributed by atoms with Gasteiger partial charge in [0.2, 0.25) is 0 Å². The molecule has 1 aliphatic rings. The molecule has 0 amide bonds. The van der Waals surface area contributed by atoms with Gasteiger partial charge >= 0.3 is 0 Å². The lowest BCUT2D eigenvalue weighted by atomic mass is 10.0. The number of nitrogens with zero attached hydrogens (tertiary/aromatic N) is 4. The van der Waals surface area contributed by atoms with Gasteiger partial charge < -0.3 is 25.8 Å². The molecule has 9 nitrogen and oxygen atoms in total. The van der Waals surface area contributed by atoms with Crippen LogP contribution in [0.3, 0.4) is 0 Å². The van der Waals surface area contributed by atoms with Crippen molar-refractivity contribution in [3.8, 4) is 0 Å². The third-order valence-corrected chi connectivity index (χ3v) is 3.66. The van der Waals surface area contributed by atoms with Crippen molar-refractivity contribution in [1.29, 1.82) is 0 Å². The number of imidazole rings is 1. The fourth-order valence-corrected chi connectivity index (χ4v) is 2.49. The fourth-order valence-electron chi connectivity index (χ4n) is 2.49. The summed E-state index contributed by atoms with van der Waals surface area (Å²) in [6.45, 7) is 1.17. The molecule has 0 bridgehead atoms. The first kappa shape index (κ1) is 13.2. The van der Waals surface area contributed by atoms with Crippen LogP contribution in [-0.4, -0.2) is 59.8 Å². The van der Waals surface area contributed by atoms with Gasteiger partial charge in [-0.2, -0.15) is 0 Å². The molecule has 1 aliphatic heterocycles. The van der Waals surface area contributed by atoms with Gasteiger partial charge in [-0.25, -0.2) is 15.0 Å². The number of hydrogen-bond acceptors (Lipinski definition) is 8. The Morgan fingerprint density at radius 2 is 2.15 bits per heavy atom. The Kier molecular flexibility index (Phi) is 2.87. The topological polar surface area (TPSA) is 140 Å². The number of fused-ring (bicyclic) bond motifs is 1. The molecule has 2 aromatic heterocycles. The third-order valence-electron chi connectivity index (χ3n) is 3.66. The van der Waals surface area contributed by atoms with Gasteiger partial charge in [0.1, 0.15) is 30.2 Å². The fraction of sp³-hybridized carbons (Fsp3) is 0.545. The van der Waals surface area contributed by atoms with Crippen molar-refractivity contribution in [3.05, 3.63) is 12.7 Å². The minimum absolute atomic E-state index is 0.212. The predicted octanol–water partition coefficient (Wildman–Crippen LogP) is -1.81. The van der Waals surface area contributed by atoms with Crippen molar-refractivity contribution < 1.29 is 20.1 Å². The van der Waals surface area contributed by atoms with E-state index in [1.165, 1.54) is 17.2 Å². The summed E-state index contributed by atoms with van der Waals surface area (Å²) >= 11 is 0. The predicted molar refractivity (Wildman–Crippen MR) is 67.4 cm³/mol. The van der Waals surface area contributed by atoms with E-state index in [1.54, 1.807) is 6.92 Å². The van der Waals surface area contributed by atoms with Crippen LogP contribution >= 0.6 is 0 Å². The molecule has 3 rings (SSSR count). The number of rotatable bonds is 2. The van der Waals surface area contributed by atoms with Gasteiger partial charge in [0.05, 0.1) is 12.9 Å². The molecule has 2 aromatic rings. The lowest BCUT2D eigenvalue weighted by Crippen LogP contribution is -2.43. The van der Waals surface area contributed by atoms with Gasteiger partial charge in [0, 0.05) is 0 Å². The van der Waals surface area contributed by atoms with Crippen molar-refractivity contribution in [2.45, 2.75) is 31.0 Å². The second-order valence-electron chi connectivity index (χ2n) is 4.87. The summed E-state index contributed by atoms with van der Waals surface area (Å²) in [6.07, 6.45) is -0.646. The number of nitrogen functional groups attached to an aromatic ring is 1. The number of aromatic nitrogens is 4. The number of anilines is 1. The Morgan fingerprint density at radius 3 is 2.80 bits per heavy atom. The number of aliphatic hydroxyl groups is 3. The molecule has 2 unspecified atom stereocenters. The van der Waals surface area contributed by atoms with Crippen LogP contribution in [0, 0.1) is 0 Å². The molecule has 108 valence electrons. The second kappa shape index (κ2) is 4.35. The van der Waals surface area contributed by atoms with E-state index in [1.807, 2.05) is 0 Å². The molecule has 20 heavy (non-hydrogen) atoms. The van der Waals surface area contributed by atoms with E-state index < -0.39 is 30.6 Å². The summed E-state index contributed by atoms with van der Waals surface area (Å²) in [5, 5.41) is 29.3. The van der Waals surface area contributed by atoms with Crippen LogP contribution in [0.15, 0.2) is 12.7 Å². The molecule has 9 heteroatoms.